The Bertz CT molecular complexity index is 817. The number of rotatable bonds is 7. The van der Waals surface area contributed by atoms with Gasteiger partial charge in [-0.2, -0.15) is 4.73 Å². The van der Waals surface area contributed by atoms with Crippen LogP contribution in [0.5, 0.6) is 0 Å². The number of amidine groups is 1. The second kappa shape index (κ2) is 11.0. The molecule has 8 nitrogen and oxygen atoms in total. The van der Waals surface area contributed by atoms with E-state index in [9.17, 15) is 10.3 Å². The molecule has 0 aromatic carbocycles. The fourth-order valence-electron chi connectivity index (χ4n) is 3.90. The van der Waals surface area contributed by atoms with Gasteiger partial charge in [0.1, 0.15) is 11.7 Å². The van der Waals surface area contributed by atoms with Crippen LogP contribution in [0.1, 0.15) is 44.6 Å². The van der Waals surface area contributed by atoms with E-state index in [1.807, 2.05) is 12.1 Å². The molecule has 0 bridgehead atoms. The third-order valence-electron chi connectivity index (χ3n) is 5.57. The predicted molar refractivity (Wildman–Crippen MR) is 126 cm³/mol. The smallest absolute Gasteiger partial charge is 0.185 e. The number of aliphatic imine (C=N–C) groups is 1. The molecule has 1 aromatic rings. The van der Waals surface area contributed by atoms with Gasteiger partial charge in [0.2, 0.25) is 0 Å². The normalized spacial score (nSPS) is 21.3. The van der Waals surface area contributed by atoms with E-state index in [-0.39, 0.29) is 12.6 Å². The molecule has 0 aliphatic carbocycles. The molecule has 3 heterocycles. The number of aliphatic hydroxyl groups excluding tert-OH is 1. The molecule has 1 saturated heterocycles. The Kier molecular flexibility index (Phi) is 8.34. The number of allylic oxidation sites excluding steroid dienone is 1. The zero-order valence-corrected chi connectivity index (χ0v) is 19.6. The molecule has 0 radical (unpaired) electrons. The van der Waals surface area contributed by atoms with E-state index in [0.717, 1.165) is 64.4 Å². The number of likely N-dealkylation sites (tertiary alicyclic amines) is 1. The van der Waals surface area contributed by atoms with Crippen LogP contribution in [0.4, 0.5) is 0 Å². The highest BCUT2D eigenvalue weighted by atomic mass is 127. The number of hydrogen-bond donors (Lipinski definition) is 3. The lowest BCUT2D eigenvalue weighted by Crippen LogP contribution is -2.47. The Morgan fingerprint density at radius 1 is 1.47 bits per heavy atom. The van der Waals surface area contributed by atoms with E-state index in [2.05, 4.69) is 39.7 Å². The highest BCUT2D eigenvalue weighted by Crippen LogP contribution is 2.26. The lowest BCUT2D eigenvalue weighted by atomic mass is 9.99. The first-order chi connectivity index (χ1) is 14.6. The Balaban J connectivity index is 1.91. The van der Waals surface area contributed by atoms with Crippen LogP contribution in [0.25, 0.3) is 0 Å². The first-order valence-corrected chi connectivity index (χ1v) is 12.0. The monoisotopic (exact) mass is 526 g/mol. The summed E-state index contributed by atoms with van der Waals surface area (Å²) in [6, 6.07) is 3.92. The zero-order valence-electron chi connectivity index (χ0n) is 17.4. The molecule has 3 rings (SSSR count). The molecule has 2 aliphatic heterocycles. The van der Waals surface area contributed by atoms with Crippen LogP contribution in [-0.2, 0) is 6.54 Å². The van der Waals surface area contributed by atoms with Crippen molar-refractivity contribution in [1.82, 2.24) is 15.2 Å². The van der Waals surface area contributed by atoms with Gasteiger partial charge in [-0.05, 0) is 43.7 Å². The molecule has 0 saturated carbocycles. The summed E-state index contributed by atoms with van der Waals surface area (Å²) >= 11 is 2.35. The average molecular weight is 526 g/mol. The summed E-state index contributed by atoms with van der Waals surface area (Å²) in [5, 5.41) is 26.1. The summed E-state index contributed by atoms with van der Waals surface area (Å²) in [4.78, 5) is 7.26. The van der Waals surface area contributed by atoms with Crippen LogP contribution in [0.3, 0.4) is 0 Å². The highest BCUT2D eigenvalue weighted by molar-refractivity contribution is 14.1. The van der Waals surface area contributed by atoms with E-state index < -0.39 is 0 Å². The SMILES string of the molecule is CC/C(CI)=C1\N=C(N2CCCC[C@H]2CCO)C=C(NCc2ccc[n+]([O-])c2)N1N. The van der Waals surface area contributed by atoms with Crippen molar-refractivity contribution >= 4 is 28.4 Å². The summed E-state index contributed by atoms with van der Waals surface area (Å²) in [5.41, 5.74) is 2.05. The summed E-state index contributed by atoms with van der Waals surface area (Å²) in [7, 11) is 0. The number of nitrogens with one attached hydrogen (secondary N) is 1. The fraction of sp³-hybridized carbons (Fsp3) is 0.524. The number of hydrazine groups is 1. The number of aliphatic hydroxyl groups is 1. The van der Waals surface area contributed by atoms with Gasteiger partial charge in [0.15, 0.2) is 18.2 Å². The van der Waals surface area contributed by atoms with E-state index in [4.69, 9.17) is 10.8 Å². The molecule has 164 valence electrons. The zero-order chi connectivity index (χ0) is 21.5. The molecule has 2 aliphatic rings. The maximum absolute atomic E-state index is 11.6. The lowest BCUT2D eigenvalue weighted by molar-refractivity contribution is -0.605. The molecule has 1 aromatic heterocycles. The van der Waals surface area contributed by atoms with Crippen molar-refractivity contribution in [2.75, 3.05) is 17.6 Å². The van der Waals surface area contributed by atoms with Gasteiger partial charge in [0, 0.05) is 47.9 Å². The molecule has 9 heteroatoms. The van der Waals surface area contributed by atoms with Gasteiger partial charge in [-0.25, -0.2) is 15.8 Å². The molecular weight excluding hydrogens is 495 g/mol. The van der Waals surface area contributed by atoms with Crippen LogP contribution < -0.4 is 15.9 Å². The van der Waals surface area contributed by atoms with Crippen LogP contribution >= 0.6 is 22.6 Å². The lowest BCUT2D eigenvalue weighted by Gasteiger charge is -2.39. The molecule has 0 amide bonds. The first kappa shape index (κ1) is 22.8. The Morgan fingerprint density at radius 2 is 2.30 bits per heavy atom. The number of aromatic nitrogens is 1. The van der Waals surface area contributed by atoms with Crippen molar-refractivity contribution in [2.45, 2.75) is 51.6 Å². The number of pyridine rings is 1. The molecular formula is C21H31IN6O2. The molecule has 30 heavy (non-hydrogen) atoms. The van der Waals surface area contributed by atoms with Gasteiger partial charge in [-0.1, -0.05) is 29.5 Å². The van der Waals surface area contributed by atoms with Crippen molar-refractivity contribution in [1.29, 1.82) is 0 Å². The van der Waals surface area contributed by atoms with Crippen molar-refractivity contribution in [2.24, 2.45) is 10.8 Å². The van der Waals surface area contributed by atoms with Gasteiger partial charge in [0.25, 0.3) is 0 Å². The third kappa shape index (κ3) is 5.44. The van der Waals surface area contributed by atoms with E-state index in [1.54, 1.807) is 17.3 Å². The van der Waals surface area contributed by atoms with E-state index in [1.165, 1.54) is 18.2 Å². The minimum absolute atomic E-state index is 0.173. The van der Waals surface area contributed by atoms with Crippen LogP contribution in [0.2, 0.25) is 0 Å². The second-order valence-corrected chi connectivity index (χ2v) is 8.33. The number of alkyl halides is 1. The van der Waals surface area contributed by atoms with Crippen LogP contribution in [0.15, 0.2) is 52.8 Å². The Hall–Kier alpha value is -1.85. The molecule has 1 fully saturated rings. The maximum Gasteiger partial charge on any atom is 0.185 e. The number of halogens is 1. The number of nitrogens with zero attached hydrogens (tertiary/aromatic N) is 4. The fourth-order valence-corrected chi connectivity index (χ4v) is 4.78. The second-order valence-electron chi connectivity index (χ2n) is 7.56. The molecule has 1 atom stereocenters. The van der Waals surface area contributed by atoms with Crippen LogP contribution in [0, 0.1) is 5.21 Å². The third-order valence-corrected chi connectivity index (χ3v) is 6.49. The maximum atomic E-state index is 11.6. The van der Waals surface area contributed by atoms with Gasteiger partial charge >= 0.3 is 0 Å². The number of hydrogen-bond acceptors (Lipinski definition) is 7. The van der Waals surface area contributed by atoms with Gasteiger partial charge < -0.3 is 20.5 Å². The predicted octanol–water partition coefficient (Wildman–Crippen LogP) is 2.13. The molecule has 4 N–H and O–H groups in total. The highest BCUT2D eigenvalue weighted by Gasteiger charge is 2.28. The molecule has 0 unspecified atom stereocenters. The van der Waals surface area contributed by atoms with Crippen LogP contribution in [-0.4, -0.2) is 44.5 Å². The first-order valence-electron chi connectivity index (χ1n) is 10.5. The molecule has 0 spiro atoms. The largest absolute Gasteiger partial charge is 0.619 e. The average Bonchev–Trinajstić information content (AvgIpc) is 2.75. The Morgan fingerprint density at radius 3 is 3.00 bits per heavy atom. The van der Waals surface area contributed by atoms with Crippen molar-refractivity contribution in [3.63, 3.8) is 0 Å². The van der Waals surface area contributed by atoms with Crippen molar-refractivity contribution in [3.05, 3.63) is 58.6 Å². The standard InChI is InChI=1S/C21H31IN6O2/c1-2-17(13-22)21-25-20(27-10-4-3-7-18(27)8-11-29)12-19(28(21)23)24-14-16-6-5-9-26(30)15-16/h5-6,9,12,15,18,24,29H,2-4,7-8,10-11,13-14,23H2,1H3/b21-17-/t18-/m0/s1. The van der Waals surface area contributed by atoms with E-state index >= 15 is 0 Å². The summed E-state index contributed by atoms with van der Waals surface area (Å²) in [6.45, 7) is 3.69. The minimum Gasteiger partial charge on any atom is -0.619 e. The topological polar surface area (TPSA) is 104 Å². The number of nitrogens with two attached hydrogens (primary N) is 1. The van der Waals surface area contributed by atoms with Gasteiger partial charge in [-0.3, -0.25) is 0 Å². The number of piperidine rings is 1. The van der Waals surface area contributed by atoms with E-state index in [0.29, 0.717) is 6.54 Å². The van der Waals surface area contributed by atoms with Crippen molar-refractivity contribution in [3.8, 4) is 0 Å². The van der Waals surface area contributed by atoms with Crippen molar-refractivity contribution < 1.29 is 9.84 Å². The summed E-state index contributed by atoms with van der Waals surface area (Å²) in [6.07, 6.45) is 9.95. The summed E-state index contributed by atoms with van der Waals surface area (Å²) in [5.74, 6) is 8.87. The minimum atomic E-state index is 0.173. The van der Waals surface area contributed by atoms with Gasteiger partial charge in [-0.15, -0.1) is 0 Å². The summed E-state index contributed by atoms with van der Waals surface area (Å²) < 4.78 is 1.64. The van der Waals surface area contributed by atoms with Gasteiger partial charge in [0.05, 0.1) is 0 Å². The quantitative estimate of drug-likeness (QED) is 0.165. The Labute approximate surface area is 191 Å².